The smallest absolute Gasteiger partial charge is 0.275 e. The van der Waals surface area contributed by atoms with Crippen LogP contribution in [-0.2, 0) is 0 Å². The molecule has 0 heterocycles. The van der Waals surface area contributed by atoms with Gasteiger partial charge in [0.2, 0.25) is 0 Å². The second-order valence-corrected chi connectivity index (χ2v) is 2.41. The molecule has 0 amide bonds. The van der Waals surface area contributed by atoms with E-state index in [0.29, 0.717) is 0 Å². The first-order valence-corrected chi connectivity index (χ1v) is 2.85. The van der Waals surface area contributed by atoms with Crippen LogP contribution in [0.2, 0.25) is 0 Å². The lowest BCUT2D eigenvalue weighted by Gasteiger charge is -2.14. The zero-order valence-electron chi connectivity index (χ0n) is 4.85. The average molecular weight is 137 g/mol. The Labute approximate surface area is 51.7 Å². The van der Waals surface area contributed by atoms with Gasteiger partial charge in [-0.25, -0.2) is 8.78 Å². The second kappa shape index (κ2) is 1.88. The summed E-state index contributed by atoms with van der Waals surface area (Å²) in [6.07, 6.45) is -1.69. The summed E-state index contributed by atoms with van der Waals surface area (Å²) in [7, 11) is 0. The van der Waals surface area contributed by atoms with Crippen LogP contribution in [0.3, 0.4) is 0 Å². The van der Waals surface area contributed by atoms with Gasteiger partial charge in [-0.1, -0.05) is 0 Å². The molecular formula is C5H9F2NO. The molecule has 4 heteroatoms. The molecular weight excluding hydrogens is 128 g/mol. The summed E-state index contributed by atoms with van der Waals surface area (Å²) in [5.41, 5.74) is 5.12. The van der Waals surface area contributed by atoms with Crippen LogP contribution in [-0.4, -0.2) is 23.2 Å². The zero-order chi connectivity index (χ0) is 7.07. The van der Waals surface area contributed by atoms with Crippen LogP contribution in [0.15, 0.2) is 0 Å². The van der Waals surface area contributed by atoms with Gasteiger partial charge in [0.1, 0.15) is 6.10 Å². The number of halogens is 2. The Morgan fingerprint density at radius 1 is 1.56 bits per heavy atom. The molecule has 2 nitrogen and oxygen atoms in total. The van der Waals surface area contributed by atoms with Gasteiger partial charge < -0.3 is 10.8 Å². The zero-order valence-corrected chi connectivity index (χ0v) is 4.85. The Hall–Kier alpha value is -0.220. The number of hydrogen-bond donors (Lipinski definition) is 2. The minimum atomic E-state index is -2.95. The number of aliphatic hydroxyl groups excluding tert-OH is 1. The maximum Gasteiger partial charge on any atom is 0.275 e. The molecule has 1 rings (SSSR count). The summed E-state index contributed by atoms with van der Waals surface area (Å²) in [5, 5.41) is 8.65. The van der Waals surface area contributed by atoms with E-state index >= 15 is 0 Å². The molecule has 0 aromatic heterocycles. The van der Waals surface area contributed by atoms with Crippen LogP contribution in [0.25, 0.3) is 0 Å². The predicted octanol–water partition coefficient (Wildman–Crippen LogP) is 0.104. The van der Waals surface area contributed by atoms with Crippen LogP contribution in [0.1, 0.15) is 12.8 Å². The number of nitrogens with two attached hydrogens (primary N) is 1. The number of hydrogen-bond acceptors (Lipinski definition) is 2. The summed E-state index contributed by atoms with van der Waals surface area (Å²) in [6.45, 7) is 0. The highest BCUT2D eigenvalue weighted by molar-refractivity contribution is 4.92. The minimum absolute atomic E-state index is 0.216. The fourth-order valence-corrected chi connectivity index (χ4v) is 0.978. The largest absolute Gasteiger partial charge is 0.385 e. The van der Waals surface area contributed by atoms with E-state index in [4.69, 9.17) is 10.8 Å². The highest BCUT2D eigenvalue weighted by Crippen LogP contribution is 2.33. The van der Waals surface area contributed by atoms with Crippen molar-refractivity contribution in [2.75, 3.05) is 0 Å². The molecule has 54 valence electrons. The summed E-state index contributed by atoms with van der Waals surface area (Å²) in [6, 6.07) is -0.736. The third kappa shape index (κ3) is 1.04. The third-order valence-corrected chi connectivity index (χ3v) is 1.65. The number of alkyl halides is 2. The monoisotopic (exact) mass is 137 g/mol. The van der Waals surface area contributed by atoms with Crippen molar-refractivity contribution in [2.45, 2.75) is 30.9 Å². The van der Waals surface area contributed by atoms with E-state index in [1.165, 1.54) is 0 Å². The van der Waals surface area contributed by atoms with Crippen molar-refractivity contribution >= 4 is 0 Å². The quantitative estimate of drug-likeness (QED) is 0.497. The van der Waals surface area contributed by atoms with Crippen molar-refractivity contribution in [3.05, 3.63) is 0 Å². The molecule has 0 aliphatic heterocycles. The van der Waals surface area contributed by atoms with Gasteiger partial charge in [0.05, 0.1) is 0 Å². The van der Waals surface area contributed by atoms with Crippen LogP contribution >= 0.6 is 0 Å². The normalized spacial score (nSPS) is 41.3. The lowest BCUT2D eigenvalue weighted by Crippen LogP contribution is -2.38. The van der Waals surface area contributed by atoms with E-state index in [-0.39, 0.29) is 12.8 Å². The molecule has 0 saturated heterocycles. The molecule has 0 radical (unpaired) electrons. The van der Waals surface area contributed by atoms with Gasteiger partial charge in [-0.2, -0.15) is 0 Å². The molecule has 0 unspecified atom stereocenters. The van der Waals surface area contributed by atoms with Gasteiger partial charge in [0.15, 0.2) is 0 Å². The summed E-state index contributed by atoms with van der Waals surface area (Å²) < 4.78 is 24.5. The molecule has 2 atom stereocenters. The highest BCUT2D eigenvalue weighted by atomic mass is 19.3. The fraction of sp³-hybridized carbons (Fsp3) is 1.00. The molecule has 0 aromatic carbocycles. The van der Waals surface area contributed by atoms with Crippen molar-refractivity contribution in [1.82, 2.24) is 0 Å². The molecule has 1 aliphatic carbocycles. The van der Waals surface area contributed by atoms with Gasteiger partial charge in [0.25, 0.3) is 5.92 Å². The molecule has 1 fully saturated rings. The van der Waals surface area contributed by atoms with E-state index in [1.807, 2.05) is 0 Å². The van der Waals surface area contributed by atoms with Gasteiger partial charge in [-0.3, -0.25) is 0 Å². The molecule has 0 bridgehead atoms. The molecule has 0 aromatic rings. The van der Waals surface area contributed by atoms with E-state index in [9.17, 15) is 8.78 Å². The van der Waals surface area contributed by atoms with Crippen molar-refractivity contribution in [2.24, 2.45) is 5.73 Å². The molecule has 9 heavy (non-hydrogen) atoms. The summed E-state index contributed by atoms with van der Waals surface area (Å²) in [4.78, 5) is 0. The van der Waals surface area contributed by atoms with E-state index in [0.717, 1.165) is 0 Å². The molecule has 0 spiro atoms. The Morgan fingerprint density at radius 2 is 2.11 bits per heavy atom. The predicted molar refractivity (Wildman–Crippen MR) is 28.2 cm³/mol. The van der Waals surface area contributed by atoms with Gasteiger partial charge >= 0.3 is 0 Å². The lowest BCUT2D eigenvalue weighted by atomic mass is 10.2. The first-order valence-electron chi connectivity index (χ1n) is 2.85. The Kier molecular flexibility index (Phi) is 1.44. The third-order valence-electron chi connectivity index (χ3n) is 1.65. The number of aliphatic hydroxyl groups is 1. The van der Waals surface area contributed by atoms with Crippen molar-refractivity contribution in [3.8, 4) is 0 Å². The number of rotatable bonds is 0. The van der Waals surface area contributed by atoms with Crippen LogP contribution in [0.5, 0.6) is 0 Å². The maximum atomic E-state index is 12.3. The summed E-state index contributed by atoms with van der Waals surface area (Å²) in [5.74, 6) is -2.95. The molecule has 1 saturated carbocycles. The SMILES string of the molecule is N[C@H]1CCC(F)(F)[C@@H]1O. The Morgan fingerprint density at radius 3 is 2.22 bits per heavy atom. The molecule has 3 N–H and O–H groups in total. The van der Waals surface area contributed by atoms with Crippen molar-refractivity contribution < 1.29 is 13.9 Å². The Bertz CT molecular complexity index is 118. The Balaban J connectivity index is 2.62. The first kappa shape index (κ1) is 6.89. The van der Waals surface area contributed by atoms with Gasteiger partial charge in [0, 0.05) is 12.5 Å². The van der Waals surface area contributed by atoms with Crippen LogP contribution in [0.4, 0.5) is 8.78 Å². The van der Waals surface area contributed by atoms with E-state index < -0.39 is 18.1 Å². The molecule has 1 aliphatic rings. The summed E-state index contributed by atoms with van der Waals surface area (Å²) >= 11 is 0. The minimum Gasteiger partial charge on any atom is -0.385 e. The topological polar surface area (TPSA) is 46.2 Å². The maximum absolute atomic E-state index is 12.3. The standard InChI is InChI=1S/C5H9F2NO/c6-5(7)2-1-3(8)4(5)9/h3-4,9H,1-2,8H2/t3-,4+/m0/s1. The fourth-order valence-electron chi connectivity index (χ4n) is 0.978. The average Bonchev–Trinajstić information content (AvgIpc) is 1.97. The van der Waals surface area contributed by atoms with E-state index in [1.54, 1.807) is 0 Å². The first-order chi connectivity index (χ1) is 4.04. The van der Waals surface area contributed by atoms with Crippen LogP contribution < -0.4 is 5.73 Å². The van der Waals surface area contributed by atoms with Gasteiger partial charge in [-0.15, -0.1) is 0 Å². The van der Waals surface area contributed by atoms with Gasteiger partial charge in [-0.05, 0) is 6.42 Å². The van der Waals surface area contributed by atoms with Crippen molar-refractivity contribution in [3.63, 3.8) is 0 Å². The van der Waals surface area contributed by atoms with Crippen LogP contribution in [0, 0.1) is 0 Å². The van der Waals surface area contributed by atoms with E-state index in [2.05, 4.69) is 0 Å². The lowest BCUT2D eigenvalue weighted by molar-refractivity contribution is -0.0891. The second-order valence-electron chi connectivity index (χ2n) is 2.41. The highest BCUT2D eigenvalue weighted by Gasteiger charge is 2.47. The van der Waals surface area contributed by atoms with Crippen molar-refractivity contribution in [1.29, 1.82) is 0 Å².